The Bertz CT molecular complexity index is 425. The van der Waals surface area contributed by atoms with Gasteiger partial charge in [-0.15, -0.1) is 0 Å². The third kappa shape index (κ3) is 4.20. The topological polar surface area (TPSA) is 83.6 Å². The van der Waals surface area contributed by atoms with Crippen LogP contribution in [0.3, 0.4) is 0 Å². The molecule has 0 saturated carbocycles. The van der Waals surface area contributed by atoms with Gasteiger partial charge in [0, 0.05) is 19.2 Å². The Balaban J connectivity index is 2.75. The Morgan fingerprint density at radius 2 is 2.17 bits per heavy atom. The second kappa shape index (κ2) is 6.18. The second-order valence-electron chi connectivity index (χ2n) is 4.61. The summed E-state index contributed by atoms with van der Waals surface area (Å²) in [6, 6.07) is 1.55. The lowest BCUT2D eigenvalue weighted by Gasteiger charge is -2.22. The van der Waals surface area contributed by atoms with Crippen molar-refractivity contribution in [3.63, 3.8) is 0 Å². The number of rotatable bonds is 6. The maximum atomic E-state index is 12.1. The predicted molar refractivity (Wildman–Crippen MR) is 64.2 cm³/mol. The zero-order chi connectivity index (χ0) is 13.7. The van der Waals surface area contributed by atoms with E-state index >= 15 is 0 Å². The van der Waals surface area contributed by atoms with Crippen molar-refractivity contribution in [3.8, 4) is 0 Å². The predicted octanol–water partition coefficient (Wildman–Crippen LogP) is 1.56. The average molecular weight is 254 g/mol. The van der Waals surface area contributed by atoms with Crippen LogP contribution in [0.2, 0.25) is 0 Å². The number of amides is 1. The third-order valence-corrected chi connectivity index (χ3v) is 2.32. The Morgan fingerprint density at radius 1 is 1.50 bits per heavy atom. The molecule has 100 valence electrons. The molecule has 0 fully saturated rings. The van der Waals surface area contributed by atoms with Gasteiger partial charge < -0.3 is 14.5 Å². The van der Waals surface area contributed by atoms with Crippen molar-refractivity contribution in [2.24, 2.45) is 5.92 Å². The number of carboxylic acid groups (broad SMARTS) is 1. The van der Waals surface area contributed by atoms with E-state index in [4.69, 9.17) is 9.63 Å². The van der Waals surface area contributed by atoms with Gasteiger partial charge in [0.2, 0.25) is 0 Å². The van der Waals surface area contributed by atoms with Crippen molar-refractivity contribution in [2.75, 3.05) is 13.1 Å². The van der Waals surface area contributed by atoms with E-state index in [1.165, 1.54) is 4.90 Å². The molecule has 0 saturated heterocycles. The highest BCUT2D eigenvalue weighted by atomic mass is 16.5. The SMILES string of the molecule is Cc1cc(C(=O)N(CCC(=O)O)CC(C)C)no1. The highest BCUT2D eigenvalue weighted by Gasteiger charge is 2.20. The van der Waals surface area contributed by atoms with Gasteiger partial charge in [0.25, 0.3) is 5.91 Å². The summed E-state index contributed by atoms with van der Waals surface area (Å²) in [6.07, 6.45) is -0.0741. The van der Waals surface area contributed by atoms with Gasteiger partial charge in [-0.3, -0.25) is 9.59 Å². The second-order valence-corrected chi connectivity index (χ2v) is 4.61. The van der Waals surface area contributed by atoms with E-state index < -0.39 is 5.97 Å². The summed E-state index contributed by atoms with van der Waals surface area (Å²) in [5.41, 5.74) is 0.221. The molecular formula is C12H18N2O4. The summed E-state index contributed by atoms with van der Waals surface area (Å²) < 4.78 is 4.85. The largest absolute Gasteiger partial charge is 0.481 e. The monoisotopic (exact) mass is 254 g/mol. The molecule has 0 aromatic carbocycles. The molecular weight excluding hydrogens is 236 g/mol. The van der Waals surface area contributed by atoms with Crippen molar-refractivity contribution in [1.82, 2.24) is 10.1 Å². The third-order valence-electron chi connectivity index (χ3n) is 2.32. The van der Waals surface area contributed by atoms with Crippen LogP contribution in [0.15, 0.2) is 10.6 Å². The molecule has 0 bridgehead atoms. The summed E-state index contributed by atoms with van der Waals surface area (Å²) in [7, 11) is 0. The van der Waals surface area contributed by atoms with Crippen LogP contribution in [-0.2, 0) is 4.79 Å². The van der Waals surface area contributed by atoms with Crippen molar-refractivity contribution in [1.29, 1.82) is 0 Å². The summed E-state index contributed by atoms with van der Waals surface area (Å²) in [5, 5.41) is 12.3. The van der Waals surface area contributed by atoms with Crippen LogP contribution in [-0.4, -0.2) is 40.1 Å². The summed E-state index contributed by atoms with van der Waals surface area (Å²) in [5.74, 6) is -0.397. The van der Waals surface area contributed by atoms with Gasteiger partial charge in [-0.25, -0.2) is 0 Å². The van der Waals surface area contributed by atoms with E-state index in [2.05, 4.69) is 5.16 Å². The molecule has 6 heteroatoms. The number of aliphatic carboxylic acids is 1. The highest BCUT2D eigenvalue weighted by Crippen LogP contribution is 2.09. The first kappa shape index (κ1) is 14.2. The molecule has 0 spiro atoms. The van der Waals surface area contributed by atoms with Crippen LogP contribution < -0.4 is 0 Å². The lowest BCUT2D eigenvalue weighted by atomic mass is 10.2. The number of aromatic nitrogens is 1. The first-order chi connectivity index (χ1) is 8.40. The number of carbonyl (C=O) groups excluding carboxylic acids is 1. The molecule has 6 nitrogen and oxygen atoms in total. The Labute approximate surface area is 106 Å². The molecule has 18 heavy (non-hydrogen) atoms. The zero-order valence-electron chi connectivity index (χ0n) is 10.8. The van der Waals surface area contributed by atoms with Crippen molar-refractivity contribution in [3.05, 3.63) is 17.5 Å². The fraction of sp³-hybridized carbons (Fsp3) is 0.583. The minimum Gasteiger partial charge on any atom is -0.481 e. The smallest absolute Gasteiger partial charge is 0.305 e. The van der Waals surface area contributed by atoms with Gasteiger partial charge in [0.1, 0.15) is 5.76 Å². The van der Waals surface area contributed by atoms with Gasteiger partial charge in [0.05, 0.1) is 6.42 Å². The average Bonchev–Trinajstić information content (AvgIpc) is 2.69. The molecule has 0 unspecified atom stereocenters. The number of aryl methyl sites for hydroxylation is 1. The van der Waals surface area contributed by atoms with Crippen LogP contribution in [0.5, 0.6) is 0 Å². The molecule has 1 rings (SSSR count). The van der Waals surface area contributed by atoms with E-state index in [9.17, 15) is 9.59 Å². The van der Waals surface area contributed by atoms with E-state index in [1.807, 2.05) is 13.8 Å². The van der Waals surface area contributed by atoms with Crippen LogP contribution >= 0.6 is 0 Å². The molecule has 1 N–H and O–H groups in total. The number of nitrogens with zero attached hydrogens (tertiary/aromatic N) is 2. The molecule has 0 radical (unpaired) electrons. The van der Waals surface area contributed by atoms with Crippen LogP contribution in [0.25, 0.3) is 0 Å². The maximum absolute atomic E-state index is 12.1. The molecule has 0 aliphatic carbocycles. The molecule has 1 aromatic rings. The quantitative estimate of drug-likeness (QED) is 0.832. The molecule has 0 atom stereocenters. The maximum Gasteiger partial charge on any atom is 0.305 e. The minimum atomic E-state index is -0.923. The van der Waals surface area contributed by atoms with E-state index in [0.717, 1.165) is 0 Å². The fourth-order valence-electron chi connectivity index (χ4n) is 1.58. The van der Waals surface area contributed by atoms with Crippen molar-refractivity contribution < 1.29 is 19.2 Å². The Morgan fingerprint density at radius 3 is 2.61 bits per heavy atom. The molecule has 0 aliphatic rings. The lowest BCUT2D eigenvalue weighted by molar-refractivity contribution is -0.137. The lowest BCUT2D eigenvalue weighted by Crippen LogP contribution is -2.36. The number of hydrogen-bond donors (Lipinski definition) is 1. The standard InChI is InChI=1S/C12H18N2O4/c1-8(2)7-14(5-4-11(15)16)12(17)10-6-9(3)18-13-10/h6,8H,4-5,7H2,1-3H3,(H,15,16). The molecule has 0 aliphatic heterocycles. The van der Waals surface area contributed by atoms with Gasteiger partial charge in [-0.2, -0.15) is 0 Å². The summed E-state index contributed by atoms with van der Waals surface area (Å²) >= 11 is 0. The number of carboxylic acids is 1. The Kier molecular flexibility index (Phi) is 4.88. The molecule has 1 heterocycles. The normalized spacial score (nSPS) is 10.7. The number of hydrogen-bond acceptors (Lipinski definition) is 4. The van der Waals surface area contributed by atoms with Gasteiger partial charge in [0.15, 0.2) is 5.69 Å². The fourth-order valence-corrected chi connectivity index (χ4v) is 1.58. The molecule has 1 aromatic heterocycles. The summed E-state index contributed by atoms with van der Waals surface area (Å²) in [6.45, 7) is 6.31. The highest BCUT2D eigenvalue weighted by molar-refractivity contribution is 5.92. The first-order valence-electron chi connectivity index (χ1n) is 5.84. The van der Waals surface area contributed by atoms with E-state index in [0.29, 0.717) is 12.3 Å². The van der Waals surface area contributed by atoms with Gasteiger partial charge >= 0.3 is 5.97 Å². The van der Waals surface area contributed by atoms with Crippen molar-refractivity contribution in [2.45, 2.75) is 27.2 Å². The zero-order valence-corrected chi connectivity index (χ0v) is 10.8. The van der Waals surface area contributed by atoms with Crippen molar-refractivity contribution >= 4 is 11.9 Å². The number of carbonyl (C=O) groups is 2. The Hall–Kier alpha value is -1.85. The van der Waals surface area contributed by atoms with E-state index in [-0.39, 0.29) is 30.5 Å². The van der Waals surface area contributed by atoms with Crippen LogP contribution in [0.1, 0.15) is 36.5 Å². The van der Waals surface area contributed by atoms with E-state index in [1.54, 1.807) is 13.0 Å². The first-order valence-corrected chi connectivity index (χ1v) is 5.84. The van der Waals surface area contributed by atoms with Gasteiger partial charge in [-0.1, -0.05) is 19.0 Å². The van der Waals surface area contributed by atoms with Crippen LogP contribution in [0, 0.1) is 12.8 Å². The summed E-state index contributed by atoms with van der Waals surface area (Å²) in [4.78, 5) is 24.2. The minimum absolute atomic E-state index is 0.0741. The molecule has 1 amide bonds. The van der Waals surface area contributed by atoms with Gasteiger partial charge in [-0.05, 0) is 12.8 Å². The van der Waals surface area contributed by atoms with Crippen LogP contribution in [0.4, 0.5) is 0 Å².